The lowest BCUT2D eigenvalue weighted by atomic mass is 10.1. The predicted octanol–water partition coefficient (Wildman–Crippen LogP) is 2.77. The van der Waals surface area contributed by atoms with Crippen molar-refractivity contribution in [3.63, 3.8) is 0 Å². The van der Waals surface area contributed by atoms with Crippen LogP contribution in [-0.4, -0.2) is 27.9 Å². The van der Waals surface area contributed by atoms with Crippen LogP contribution in [0.2, 0.25) is 0 Å². The molecule has 0 bridgehead atoms. The van der Waals surface area contributed by atoms with Crippen LogP contribution in [-0.2, 0) is 21.7 Å². The average molecular weight is 299 g/mol. The first kappa shape index (κ1) is 13.5. The van der Waals surface area contributed by atoms with Gasteiger partial charge < -0.3 is 13.9 Å². The van der Waals surface area contributed by atoms with Gasteiger partial charge in [0.25, 0.3) is 0 Å². The molecule has 1 aliphatic heterocycles. The number of hydrogen-bond acceptors (Lipinski definition) is 5. The first-order chi connectivity index (χ1) is 10.8. The van der Waals surface area contributed by atoms with Crippen LogP contribution in [0.25, 0.3) is 11.0 Å². The molecule has 4 rings (SSSR count). The summed E-state index contributed by atoms with van der Waals surface area (Å²) in [5, 5.41) is 7.78. The van der Waals surface area contributed by atoms with Gasteiger partial charge in [0.15, 0.2) is 5.76 Å². The fourth-order valence-corrected chi connectivity index (χ4v) is 2.78. The molecule has 1 N–H and O–H groups in total. The Morgan fingerprint density at radius 2 is 2.27 bits per heavy atom. The van der Waals surface area contributed by atoms with Crippen molar-refractivity contribution < 1.29 is 13.9 Å². The van der Waals surface area contributed by atoms with Crippen molar-refractivity contribution in [2.75, 3.05) is 6.61 Å². The number of nitrogens with one attached hydrogen (secondary N) is 1. The highest BCUT2D eigenvalue weighted by Gasteiger charge is 2.46. The fourth-order valence-electron chi connectivity index (χ4n) is 2.78. The standard InChI is InChI=1S/C16H17N3O3/c1-2-12-9-20-16(22-12,8-15-17-10-18-19-15)14-7-11-5-3-4-6-13(11)21-14/h3-7,10,12H,2,8-9H2,1H3,(H,17,18,19)/t12-,16-/m0/s1. The molecule has 6 heteroatoms. The van der Waals surface area contributed by atoms with Gasteiger partial charge in [0.1, 0.15) is 17.7 Å². The maximum atomic E-state index is 6.18. The van der Waals surface area contributed by atoms with Gasteiger partial charge >= 0.3 is 0 Å². The monoisotopic (exact) mass is 299 g/mol. The van der Waals surface area contributed by atoms with Crippen molar-refractivity contribution in [3.8, 4) is 0 Å². The summed E-state index contributed by atoms with van der Waals surface area (Å²) in [6.07, 6.45) is 2.85. The van der Waals surface area contributed by atoms with E-state index in [0.29, 0.717) is 24.6 Å². The Balaban J connectivity index is 1.76. The molecule has 1 aliphatic rings. The lowest BCUT2D eigenvalue weighted by molar-refractivity contribution is -0.188. The minimum atomic E-state index is -0.945. The van der Waals surface area contributed by atoms with Crippen molar-refractivity contribution in [1.82, 2.24) is 15.2 Å². The molecule has 0 aliphatic carbocycles. The number of nitrogens with zero attached hydrogens (tertiary/aromatic N) is 2. The summed E-state index contributed by atoms with van der Waals surface area (Å²) in [5.74, 6) is 0.428. The molecule has 0 saturated carbocycles. The number of furan rings is 1. The smallest absolute Gasteiger partial charge is 0.236 e. The molecule has 2 atom stereocenters. The van der Waals surface area contributed by atoms with Gasteiger partial charge in [-0.25, -0.2) is 4.98 Å². The van der Waals surface area contributed by atoms with E-state index < -0.39 is 5.79 Å². The van der Waals surface area contributed by atoms with Gasteiger partial charge in [-0.1, -0.05) is 25.1 Å². The second-order valence-corrected chi connectivity index (χ2v) is 5.47. The normalized spacial score (nSPS) is 25.0. The SMILES string of the molecule is CC[C@H]1CO[C@](Cc2ncn[nH]2)(c2cc3ccccc3o2)O1. The minimum Gasteiger partial charge on any atom is -0.455 e. The van der Waals surface area contributed by atoms with E-state index in [9.17, 15) is 0 Å². The maximum Gasteiger partial charge on any atom is 0.236 e. The van der Waals surface area contributed by atoms with Crippen LogP contribution >= 0.6 is 0 Å². The Hall–Kier alpha value is -2.18. The predicted molar refractivity (Wildman–Crippen MR) is 79.1 cm³/mol. The molecule has 114 valence electrons. The Morgan fingerprint density at radius 3 is 3.00 bits per heavy atom. The number of hydrogen-bond donors (Lipinski definition) is 1. The van der Waals surface area contributed by atoms with E-state index in [0.717, 1.165) is 17.4 Å². The Bertz CT molecular complexity index is 735. The van der Waals surface area contributed by atoms with E-state index >= 15 is 0 Å². The van der Waals surface area contributed by atoms with Crippen molar-refractivity contribution in [1.29, 1.82) is 0 Å². The molecule has 3 heterocycles. The molecule has 1 fully saturated rings. The fraction of sp³-hybridized carbons (Fsp3) is 0.375. The van der Waals surface area contributed by atoms with Crippen molar-refractivity contribution >= 4 is 11.0 Å². The van der Waals surface area contributed by atoms with Gasteiger partial charge in [0.05, 0.1) is 19.1 Å². The highest BCUT2D eigenvalue weighted by molar-refractivity contribution is 5.77. The summed E-state index contributed by atoms with van der Waals surface area (Å²) >= 11 is 0. The lowest BCUT2D eigenvalue weighted by Gasteiger charge is -2.24. The number of H-pyrrole nitrogens is 1. The number of ether oxygens (including phenoxy) is 2. The summed E-state index contributed by atoms with van der Waals surface area (Å²) in [7, 11) is 0. The summed E-state index contributed by atoms with van der Waals surface area (Å²) in [6.45, 7) is 2.62. The van der Waals surface area contributed by atoms with E-state index in [1.54, 1.807) is 0 Å². The summed E-state index contributed by atoms with van der Waals surface area (Å²) in [6, 6.07) is 9.85. The van der Waals surface area contributed by atoms with E-state index in [1.165, 1.54) is 6.33 Å². The van der Waals surface area contributed by atoms with E-state index in [2.05, 4.69) is 22.1 Å². The van der Waals surface area contributed by atoms with Crippen LogP contribution in [0.1, 0.15) is 24.9 Å². The topological polar surface area (TPSA) is 73.2 Å². The Morgan fingerprint density at radius 1 is 1.36 bits per heavy atom. The molecular weight excluding hydrogens is 282 g/mol. The van der Waals surface area contributed by atoms with Crippen molar-refractivity contribution in [2.45, 2.75) is 31.7 Å². The van der Waals surface area contributed by atoms with E-state index in [1.807, 2.05) is 30.3 Å². The van der Waals surface area contributed by atoms with Gasteiger partial charge in [0.2, 0.25) is 5.79 Å². The first-order valence-electron chi connectivity index (χ1n) is 7.44. The summed E-state index contributed by atoms with van der Waals surface area (Å²) in [5.41, 5.74) is 0.821. The highest BCUT2D eigenvalue weighted by atomic mass is 16.8. The zero-order valence-electron chi connectivity index (χ0n) is 12.3. The van der Waals surface area contributed by atoms with Gasteiger partial charge in [-0.3, -0.25) is 5.10 Å². The number of para-hydroxylation sites is 1. The molecule has 6 nitrogen and oxygen atoms in total. The van der Waals surface area contributed by atoms with Crippen molar-refractivity contribution in [3.05, 3.63) is 48.2 Å². The largest absolute Gasteiger partial charge is 0.455 e. The first-order valence-corrected chi connectivity index (χ1v) is 7.44. The van der Waals surface area contributed by atoms with Crippen LogP contribution in [0.4, 0.5) is 0 Å². The van der Waals surface area contributed by atoms with E-state index in [4.69, 9.17) is 13.9 Å². The second-order valence-electron chi connectivity index (χ2n) is 5.47. The van der Waals surface area contributed by atoms with Gasteiger partial charge in [-0.15, -0.1) is 0 Å². The van der Waals surface area contributed by atoms with Gasteiger partial charge in [0, 0.05) is 5.39 Å². The molecule has 0 unspecified atom stereocenters. The molecule has 3 aromatic rings. The summed E-state index contributed by atoms with van der Waals surface area (Å²) < 4.78 is 18.2. The average Bonchev–Trinajstić information content (AvgIpc) is 3.26. The third kappa shape index (κ3) is 2.20. The molecule has 22 heavy (non-hydrogen) atoms. The molecular formula is C16H17N3O3. The number of fused-ring (bicyclic) bond motifs is 1. The van der Waals surface area contributed by atoms with Gasteiger partial charge in [-0.2, -0.15) is 5.10 Å². The zero-order valence-corrected chi connectivity index (χ0v) is 12.3. The molecule has 2 aromatic heterocycles. The van der Waals surface area contributed by atoms with Crippen LogP contribution in [0.15, 0.2) is 41.1 Å². The maximum absolute atomic E-state index is 6.18. The number of rotatable bonds is 4. The van der Waals surface area contributed by atoms with Crippen LogP contribution in [0.5, 0.6) is 0 Å². The number of aromatic nitrogens is 3. The molecule has 1 aromatic carbocycles. The second kappa shape index (κ2) is 5.23. The Kier molecular flexibility index (Phi) is 3.20. The van der Waals surface area contributed by atoms with Crippen LogP contribution in [0, 0.1) is 0 Å². The number of benzene rings is 1. The molecule has 0 spiro atoms. The van der Waals surface area contributed by atoms with Crippen LogP contribution in [0.3, 0.4) is 0 Å². The quantitative estimate of drug-likeness (QED) is 0.802. The summed E-state index contributed by atoms with van der Waals surface area (Å²) in [4.78, 5) is 4.19. The lowest BCUT2D eigenvalue weighted by Crippen LogP contribution is -2.31. The molecule has 0 amide bonds. The van der Waals surface area contributed by atoms with Gasteiger partial charge in [-0.05, 0) is 18.6 Å². The molecule has 1 saturated heterocycles. The molecule has 0 radical (unpaired) electrons. The Labute approximate surface area is 127 Å². The zero-order chi connectivity index (χ0) is 15.0. The number of aromatic amines is 1. The van der Waals surface area contributed by atoms with Crippen LogP contribution < -0.4 is 0 Å². The van der Waals surface area contributed by atoms with E-state index in [-0.39, 0.29) is 6.10 Å². The van der Waals surface area contributed by atoms with Crippen molar-refractivity contribution in [2.24, 2.45) is 0 Å². The highest BCUT2D eigenvalue weighted by Crippen LogP contribution is 2.40. The minimum absolute atomic E-state index is 0.0520. The third-order valence-corrected chi connectivity index (χ3v) is 3.98. The third-order valence-electron chi connectivity index (χ3n) is 3.98.